The third kappa shape index (κ3) is 4.03. The number of nitrogens with one attached hydrogen (secondary N) is 1. The highest BCUT2D eigenvalue weighted by Gasteiger charge is 2.08. The van der Waals surface area contributed by atoms with Gasteiger partial charge in [0, 0.05) is 24.4 Å². The van der Waals surface area contributed by atoms with E-state index < -0.39 is 0 Å². The number of nitro groups is 1. The molecule has 5 heteroatoms. The summed E-state index contributed by atoms with van der Waals surface area (Å²) >= 11 is 0. The van der Waals surface area contributed by atoms with Crippen LogP contribution in [-0.2, 0) is 13.0 Å². The molecule has 0 fully saturated rings. The molecule has 2 aromatic carbocycles. The summed E-state index contributed by atoms with van der Waals surface area (Å²) in [7, 11) is 0. The fourth-order valence-electron chi connectivity index (χ4n) is 2.10. The van der Waals surface area contributed by atoms with Crippen LogP contribution in [0.2, 0.25) is 0 Å². The summed E-state index contributed by atoms with van der Waals surface area (Å²) in [6.45, 7) is 3.20. The lowest BCUT2D eigenvalue weighted by atomic mass is 10.1. The van der Waals surface area contributed by atoms with Gasteiger partial charge in [0.05, 0.1) is 4.92 Å². The van der Waals surface area contributed by atoms with Crippen molar-refractivity contribution >= 4 is 11.4 Å². The van der Waals surface area contributed by atoms with Crippen LogP contribution in [-0.4, -0.2) is 11.5 Å². The smallest absolute Gasteiger partial charge is 0.271 e. The number of benzene rings is 2. The Morgan fingerprint density at radius 3 is 2.43 bits per heavy atom. The number of nitrogens with zero attached hydrogens (tertiary/aromatic N) is 1. The molecular formula is C16H19N3O2. The molecule has 0 bridgehead atoms. The number of anilines is 1. The number of nitrogens with two attached hydrogens (primary N) is 1. The van der Waals surface area contributed by atoms with Crippen LogP contribution in [0.25, 0.3) is 0 Å². The van der Waals surface area contributed by atoms with Crippen molar-refractivity contribution in [2.24, 2.45) is 5.73 Å². The Balaban J connectivity index is 2.05. The second kappa shape index (κ2) is 6.85. The lowest BCUT2D eigenvalue weighted by Gasteiger charge is -2.10. The molecule has 21 heavy (non-hydrogen) atoms. The molecule has 0 saturated heterocycles. The lowest BCUT2D eigenvalue weighted by molar-refractivity contribution is -0.384. The Labute approximate surface area is 123 Å². The van der Waals surface area contributed by atoms with Gasteiger partial charge in [0.1, 0.15) is 0 Å². The fraction of sp³-hybridized carbons (Fsp3) is 0.250. The second-order valence-corrected chi connectivity index (χ2v) is 4.97. The van der Waals surface area contributed by atoms with E-state index in [1.54, 1.807) is 12.1 Å². The quantitative estimate of drug-likeness (QED) is 0.631. The summed E-state index contributed by atoms with van der Waals surface area (Å²) in [5.41, 5.74) is 9.74. The largest absolute Gasteiger partial charge is 0.381 e. The molecule has 2 rings (SSSR count). The summed E-state index contributed by atoms with van der Waals surface area (Å²) in [4.78, 5) is 10.4. The summed E-state index contributed by atoms with van der Waals surface area (Å²) in [6, 6.07) is 13.1. The first-order valence-corrected chi connectivity index (χ1v) is 6.87. The molecule has 3 N–H and O–H groups in total. The Morgan fingerprint density at radius 2 is 1.81 bits per heavy atom. The first-order chi connectivity index (χ1) is 10.1. The van der Waals surface area contributed by atoms with Gasteiger partial charge in [-0.3, -0.25) is 10.1 Å². The SMILES string of the molecule is Cc1ccc([N+](=O)[O-])cc1NCc1ccc(CCN)cc1. The van der Waals surface area contributed by atoms with Crippen LogP contribution in [0.1, 0.15) is 16.7 Å². The molecule has 0 aliphatic heterocycles. The molecule has 0 aromatic heterocycles. The van der Waals surface area contributed by atoms with Crippen molar-refractivity contribution in [2.45, 2.75) is 19.9 Å². The van der Waals surface area contributed by atoms with E-state index in [-0.39, 0.29) is 10.6 Å². The Kier molecular flexibility index (Phi) is 4.90. The maximum atomic E-state index is 10.8. The minimum atomic E-state index is -0.383. The zero-order valence-corrected chi connectivity index (χ0v) is 12.0. The molecule has 0 spiro atoms. The van der Waals surface area contributed by atoms with Gasteiger partial charge in [0.15, 0.2) is 0 Å². The number of hydrogen-bond acceptors (Lipinski definition) is 4. The van der Waals surface area contributed by atoms with E-state index in [1.165, 1.54) is 11.6 Å². The van der Waals surface area contributed by atoms with E-state index in [9.17, 15) is 10.1 Å². The van der Waals surface area contributed by atoms with Crippen LogP contribution in [0, 0.1) is 17.0 Å². The Morgan fingerprint density at radius 1 is 1.14 bits per heavy atom. The molecular weight excluding hydrogens is 266 g/mol. The van der Waals surface area contributed by atoms with E-state index >= 15 is 0 Å². The van der Waals surface area contributed by atoms with Crippen LogP contribution < -0.4 is 11.1 Å². The molecule has 0 heterocycles. The summed E-state index contributed by atoms with van der Waals surface area (Å²) in [5.74, 6) is 0. The molecule has 0 atom stereocenters. The van der Waals surface area contributed by atoms with Gasteiger partial charge in [-0.2, -0.15) is 0 Å². The van der Waals surface area contributed by atoms with Gasteiger partial charge in [0.2, 0.25) is 0 Å². The molecule has 2 aromatic rings. The van der Waals surface area contributed by atoms with Crippen molar-refractivity contribution in [1.29, 1.82) is 0 Å². The minimum Gasteiger partial charge on any atom is -0.381 e. The first-order valence-electron chi connectivity index (χ1n) is 6.87. The third-order valence-corrected chi connectivity index (χ3v) is 3.37. The summed E-state index contributed by atoms with van der Waals surface area (Å²) in [5, 5.41) is 14.1. The average Bonchev–Trinajstić information content (AvgIpc) is 2.48. The number of nitro benzene ring substituents is 1. The normalized spacial score (nSPS) is 10.4. The highest BCUT2D eigenvalue weighted by Crippen LogP contribution is 2.22. The molecule has 0 aliphatic rings. The molecule has 0 saturated carbocycles. The maximum absolute atomic E-state index is 10.8. The van der Waals surface area contributed by atoms with Crippen molar-refractivity contribution < 1.29 is 4.92 Å². The van der Waals surface area contributed by atoms with Crippen LogP contribution >= 0.6 is 0 Å². The van der Waals surface area contributed by atoms with E-state index in [4.69, 9.17) is 5.73 Å². The van der Waals surface area contributed by atoms with Gasteiger partial charge >= 0.3 is 0 Å². The molecule has 110 valence electrons. The Bertz CT molecular complexity index is 624. The highest BCUT2D eigenvalue weighted by atomic mass is 16.6. The second-order valence-electron chi connectivity index (χ2n) is 4.97. The number of aryl methyl sites for hydroxylation is 1. The molecule has 0 aliphatic carbocycles. The molecule has 5 nitrogen and oxygen atoms in total. The van der Waals surface area contributed by atoms with Gasteiger partial charge in [-0.05, 0) is 36.6 Å². The predicted molar refractivity (Wildman–Crippen MR) is 84.4 cm³/mol. The van der Waals surface area contributed by atoms with Gasteiger partial charge in [0.25, 0.3) is 5.69 Å². The van der Waals surface area contributed by atoms with E-state index in [0.29, 0.717) is 13.1 Å². The van der Waals surface area contributed by atoms with Crippen LogP contribution in [0.4, 0.5) is 11.4 Å². The molecule has 0 unspecified atom stereocenters. The van der Waals surface area contributed by atoms with Crippen molar-refractivity contribution in [1.82, 2.24) is 0 Å². The lowest BCUT2D eigenvalue weighted by Crippen LogP contribution is -2.04. The van der Waals surface area contributed by atoms with Gasteiger partial charge in [-0.15, -0.1) is 0 Å². The maximum Gasteiger partial charge on any atom is 0.271 e. The van der Waals surface area contributed by atoms with Crippen LogP contribution in [0.3, 0.4) is 0 Å². The van der Waals surface area contributed by atoms with E-state index in [2.05, 4.69) is 17.4 Å². The van der Waals surface area contributed by atoms with Gasteiger partial charge in [-0.1, -0.05) is 30.3 Å². The molecule has 0 amide bonds. The van der Waals surface area contributed by atoms with E-state index in [1.807, 2.05) is 19.1 Å². The summed E-state index contributed by atoms with van der Waals surface area (Å²) < 4.78 is 0. The average molecular weight is 285 g/mol. The van der Waals surface area contributed by atoms with Crippen LogP contribution in [0.15, 0.2) is 42.5 Å². The first kappa shape index (κ1) is 15.0. The standard InChI is InChI=1S/C16H19N3O2/c1-12-2-7-15(19(20)21)10-16(12)18-11-14-5-3-13(4-6-14)8-9-17/h2-7,10,18H,8-9,11,17H2,1H3. The fourth-order valence-corrected chi connectivity index (χ4v) is 2.10. The van der Waals surface area contributed by atoms with Gasteiger partial charge in [-0.25, -0.2) is 0 Å². The van der Waals surface area contributed by atoms with E-state index in [0.717, 1.165) is 23.2 Å². The van der Waals surface area contributed by atoms with Crippen molar-refractivity contribution in [3.63, 3.8) is 0 Å². The van der Waals surface area contributed by atoms with Crippen LogP contribution in [0.5, 0.6) is 0 Å². The highest BCUT2D eigenvalue weighted by molar-refractivity contribution is 5.57. The topological polar surface area (TPSA) is 81.2 Å². The van der Waals surface area contributed by atoms with Crippen molar-refractivity contribution in [2.75, 3.05) is 11.9 Å². The minimum absolute atomic E-state index is 0.0985. The molecule has 0 radical (unpaired) electrons. The predicted octanol–water partition coefficient (Wildman–Crippen LogP) is 3.02. The third-order valence-electron chi connectivity index (χ3n) is 3.37. The monoisotopic (exact) mass is 285 g/mol. The number of rotatable bonds is 6. The number of hydrogen-bond donors (Lipinski definition) is 2. The number of non-ortho nitro benzene ring substituents is 1. The zero-order chi connectivity index (χ0) is 15.2. The van der Waals surface area contributed by atoms with Crippen molar-refractivity contribution in [3.8, 4) is 0 Å². The van der Waals surface area contributed by atoms with Gasteiger partial charge < -0.3 is 11.1 Å². The zero-order valence-electron chi connectivity index (χ0n) is 12.0. The van der Waals surface area contributed by atoms with Crippen molar-refractivity contribution in [3.05, 3.63) is 69.3 Å². The summed E-state index contributed by atoms with van der Waals surface area (Å²) in [6.07, 6.45) is 0.873. The Hall–Kier alpha value is -2.40.